The number of nitrogens with one attached hydrogen (secondary N) is 1. The Kier molecular flexibility index (Phi) is 13.0. The molecule has 0 spiro atoms. The van der Waals surface area contributed by atoms with Crippen molar-refractivity contribution in [3.63, 3.8) is 0 Å². The molecule has 4 aromatic carbocycles. The third-order valence-corrected chi connectivity index (χ3v) is 10.1. The Labute approximate surface area is 291 Å². The molecule has 4 rings (SSSR count). The van der Waals surface area contributed by atoms with E-state index in [2.05, 4.69) is 5.32 Å². The highest BCUT2D eigenvalue weighted by Gasteiger charge is 2.35. The number of amides is 2. The smallest absolute Gasteiger partial charge is 0.264 e. The maximum Gasteiger partial charge on any atom is 0.264 e. The third kappa shape index (κ3) is 9.64. The average Bonchev–Trinajstić information content (AvgIpc) is 3.07. The van der Waals surface area contributed by atoms with Gasteiger partial charge in [-0.2, -0.15) is 0 Å². The van der Waals surface area contributed by atoms with Crippen LogP contribution in [-0.2, 0) is 32.6 Å². The second-order valence-corrected chi connectivity index (χ2v) is 13.9. The first kappa shape index (κ1) is 36.1. The van der Waals surface area contributed by atoms with E-state index in [-0.39, 0.29) is 29.5 Å². The number of ether oxygens (including phenoxy) is 1. The Bertz CT molecular complexity index is 1760. The number of methoxy groups -OCH3 is 1. The number of rotatable bonds is 15. The summed E-state index contributed by atoms with van der Waals surface area (Å²) in [7, 11) is -2.81. The minimum absolute atomic E-state index is 0.0495. The van der Waals surface area contributed by atoms with Crippen molar-refractivity contribution in [2.24, 2.45) is 0 Å². The lowest BCUT2D eigenvalue weighted by atomic mass is 10.0. The topological polar surface area (TPSA) is 96.0 Å². The van der Waals surface area contributed by atoms with Crippen LogP contribution in [0.25, 0.3) is 0 Å². The molecule has 0 saturated heterocycles. The van der Waals surface area contributed by atoms with Crippen molar-refractivity contribution in [1.82, 2.24) is 10.2 Å². The molecule has 0 aliphatic heterocycles. The zero-order valence-electron chi connectivity index (χ0n) is 26.0. The molecule has 0 saturated carbocycles. The van der Waals surface area contributed by atoms with Crippen LogP contribution in [0.5, 0.6) is 5.75 Å². The lowest BCUT2D eigenvalue weighted by Crippen LogP contribution is -2.53. The summed E-state index contributed by atoms with van der Waals surface area (Å²) in [5.74, 6) is -0.506. The molecule has 0 bridgehead atoms. The molecule has 0 radical (unpaired) electrons. The first-order valence-corrected chi connectivity index (χ1v) is 17.6. The van der Waals surface area contributed by atoms with Gasteiger partial charge in [0.2, 0.25) is 11.8 Å². The molecule has 248 valence electrons. The van der Waals surface area contributed by atoms with Crippen molar-refractivity contribution in [2.75, 3.05) is 24.5 Å². The van der Waals surface area contributed by atoms with Crippen molar-refractivity contribution in [3.05, 3.63) is 123 Å². The summed E-state index contributed by atoms with van der Waals surface area (Å²) in [4.78, 5) is 29.7. The minimum atomic E-state index is -4.29. The molecule has 4 aromatic rings. The van der Waals surface area contributed by atoms with Crippen molar-refractivity contribution >= 4 is 62.3 Å². The molecule has 0 heterocycles. The van der Waals surface area contributed by atoms with Gasteiger partial charge in [0.05, 0.1) is 17.7 Å². The predicted molar refractivity (Wildman–Crippen MR) is 188 cm³/mol. The number of sulfonamides is 1. The van der Waals surface area contributed by atoms with Crippen LogP contribution in [0.1, 0.15) is 30.9 Å². The van der Waals surface area contributed by atoms with Crippen LogP contribution in [0.3, 0.4) is 0 Å². The summed E-state index contributed by atoms with van der Waals surface area (Å²) in [5.41, 5.74) is 1.58. The highest BCUT2D eigenvalue weighted by Crippen LogP contribution is 2.28. The lowest BCUT2D eigenvalue weighted by molar-refractivity contribution is -0.140. The number of benzene rings is 4. The lowest BCUT2D eigenvalue weighted by Gasteiger charge is -2.34. The van der Waals surface area contributed by atoms with Gasteiger partial charge in [0.1, 0.15) is 18.3 Å². The van der Waals surface area contributed by atoms with Gasteiger partial charge in [-0.15, -0.1) is 0 Å². The summed E-state index contributed by atoms with van der Waals surface area (Å²) in [5, 5.41) is 4.07. The summed E-state index contributed by atoms with van der Waals surface area (Å²) in [6.45, 7) is 1.74. The normalized spacial score (nSPS) is 11.9. The van der Waals surface area contributed by atoms with Crippen LogP contribution >= 0.6 is 34.8 Å². The van der Waals surface area contributed by atoms with E-state index in [1.54, 1.807) is 30.3 Å². The summed E-state index contributed by atoms with van der Waals surface area (Å²) >= 11 is 18.9. The van der Waals surface area contributed by atoms with E-state index < -0.39 is 28.5 Å². The number of carbonyl (C=O) groups excluding carboxylic acids is 2. The Morgan fingerprint density at radius 1 is 0.872 bits per heavy atom. The molecule has 0 aliphatic rings. The monoisotopic (exact) mass is 715 g/mol. The van der Waals surface area contributed by atoms with E-state index in [0.717, 1.165) is 22.7 Å². The maximum absolute atomic E-state index is 14.5. The molecule has 47 heavy (non-hydrogen) atoms. The van der Waals surface area contributed by atoms with Crippen LogP contribution in [0, 0.1) is 0 Å². The molecular weight excluding hydrogens is 681 g/mol. The summed E-state index contributed by atoms with van der Waals surface area (Å²) in [6, 6.07) is 25.2. The van der Waals surface area contributed by atoms with Gasteiger partial charge in [-0.05, 0) is 78.2 Å². The Balaban J connectivity index is 1.80. The number of unbranched alkanes of at least 4 members (excludes halogenated alkanes) is 1. The zero-order valence-corrected chi connectivity index (χ0v) is 29.1. The van der Waals surface area contributed by atoms with Gasteiger partial charge in [-0.25, -0.2) is 8.42 Å². The molecule has 8 nitrogen and oxygen atoms in total. The molecule has 0 unspecified atom stereocenters. The number of halogens is 3. The standard InChI is InChI=1S/C35H36Cl3N3O5S/c1-3-4-20-39-35(43)33(21-25-8-6-5-7-9-25)40(23-26-10-11-28(37)22-32(26)38)34(42)24-41(29-14-12-27(36)13-15-29)47(44,45)31-18-16-30(46-2)17-19-31/h5-19,22,33H,3-4,20-21,23-24H2,1-2H3,(H,39,43)/t33-/m1/s1. The largest absolute Gasteiger partial charge is 0.497 e. The number of anilines is 1. The molecule has 0 fully saturated rings. The van der Waals surface area contributed by atoms with Gasteiger partial charge >= 0.3 is 0 Å². The van der Waals surface area contributed by atoms with Crippen molar-refractivity contribution in [2.45, 2.75) is 43.7 Å². The molecule has 1 N–H and O–H groups in total. The Hall–Kier alpha value is -3.76. The molecule has 0 aliphatic carbocycles. The molecule has 0 aromatic heterocycles. The Morgan fingerprint density at radius 2 is 1.53 bits per heavy atom. The van der Waals surface area contributed by atoms with E-state index in [1.807, 2.05) is 37.3 Å². The number of carbonyl (C=O) groups is 2. The van der Waals surface area contributed by atoms with Crippen LogP contribution in [0.15, 0.2) is 102 Å². The fraction of sp³-hybridized carbons (Fsp3) is 0.257. The molecule has 2 amide bonds. The van der Waals surface area contributed by atoms with E-state index in [4.69, 9.17) is 39.5 Å². The quantitative estimate of drug-likeness (QED) is 0.129. The van der Waals surface area contributed by atoms with Gasteiger partial charge in [0.15, 0.2) is 0 Å². The first-order valence-electron chi connectivity index (χ1n) is 15.0. The van der Waals surface area contributed by atoms with Gasteiger partial charge in [-0.1, -0.05) is 84.5 Å². The predicted octanol–water partition coefficient (Wildman–Crippen LogP) is 7.41. The van der Waals surface area contributed by atoms with Gasteiger partial charge < -0.3 is 15.0 Å². The SMILES string of the molecule is CCCCNC(=O)[C@@H](Cc1ccccc1)N(Cc1ccc(Cl)cc1Cl)C(=O)CN(c1ccc(Cl)cc1)S(=O)(=O)c1ccc(OC)cc1. The van der Waals surface area contributed by atoms with Crippen molar-refractivity contribution < 1.29 is 22.7 Å². The molecule has 12 heteroatoms. The second-order valence-electron chi connectivity index (χ2n) is 10.8. The highest BCUT2D eigenvalue weighted by atomic mass is 35.5. The summed E-state index contributed by atoms with van der Waals surface area (Å²) < 4.78 is 34.5. The van der Waals surface area contributed by atoms with E-state index in [1.165, 1.54) is 48.4 Å². The second kappa shape index (κ2) is 16.9. The fourth-order valence-electron chi connectivity index (χ4n) is 4.90. The number of hydrogen-bond donors (Lipinski definition) is 1. The van der Waals surface area contributed by atoms with Crippen molar-refractivity contribution in [1.29, 1.82) is 0 Å². The van der Waals surface area contributed by atoms with E-state index >= 15 is 0 Å². The highest BCUT2D eigenvalue weighted by molar-refractivity contribution is 7.92. The molecular formula is C35H36Cl3N3O5S. The molecule has 1 atom stereocenters. The van der Waals surface area contributed by atoms with Gasteiger partial charge in [0, 0.05) is 34.6 Å². The van der Waals surface area contributed by atoms with E-state index in [9.17, 15) is 18.0 Å². The first-order chi connectivity index (χ1) is 22.5. The zero-order chi connectivity index (χ0) is 34.0. The van der Waals surface area contributed by atoms with Gasteiger partial charge in [0.25, 0.3) is 10.0 Å². The summed E-state index contributed by atoms with van der Waals surface area (Å²) in [6.07, 6.45) is 1.80. The van der Waals surface area contributed by atoms with Crippen molar-refractivity contribution in [3.8, 4) is 5.75 Å². The van der Waals surface area contributed by atoms with Crippen LogP contribution in [0.2, 0.25) is 15.1 Å². The van der Waals surface area contributed by atoms with Crippen LogP contribution in [-0.4, -0.2) is 51.4 Å². The average molecular weight is 717 g/mol. The van der Waals surface area contributed by atoms with Crippen LogP contribution < -0.4 is 14.4 Å². The number of nitrogens with zero attached hydrogens (tertiary/aromatic N) is 2. The minimum Gasteiger partial charge on any atom is -0.497 e. The van der Waals surface area contributed by atoms with Crippen LogP contribution in [0.4, 0.5) is 5.69 Å². The maximum atomic E-state index is 14.5. The number of hydrogen-bond acceptors (Lipinski definition) is 5. The van der Waals surface area contributed by atoms with Gasteiger partial charge in [-0.3, -0.25) is 13.9 Å². The third-order valence-electron chi connectivity index (χ3n) is 7.50. The van der Waals surface area contributed by atoms with E-state index in [0.29, 0.717) is 32.9 Å². The Morgan fingerprint density at radius 3 is 2.15 bits per heavy atom. The fourth-order valence-corrected chi connectivity index (χ4v) is 6.91.